The Morgan fingerprint density at radius 1 is 1.30 bits per heavy atom. The summed E-state index contributed by atoms with van der Waals surface area (Å²) >= 11 is 3.71. The first-order chi connectivity index (χ1) is 9.69. The van der Waals surface area contributed by atoms with E-state index >= 15 is 0 Å². The molecular formula is C14H20N4S2. The Labute approximate surface area is 127 Å². The summed E-state index contributed by atoms with van der Waals surface area (Å²) < 4.78 is 0. The minimum Gasteiger partial charge on any atom is -0.308 e. The van der Waals surface area contributed by atoms with E-state index in [1.54, 1.807) is 11.3 Å². The Morgan fingerprint density at radius 3 is 2.75 bits per heavy atom. The largest absolute Gasteiger partial charge is 0.308 e. The van der Waals surface area contributed by atoms with E-state index in [0.717, 1.165) is 32.9 Å². The molecule has 0 amide bonds. The van der Waals surface area contributed by atoms with Crippen molar-refractivity contribution in [1.82, 2.24) is 9.97 Å². The normalized spacial score (nSPS) is 16.1. The number of fused-ring (bicyclic) bond motifs is 1. The second kappa shape index (κ2) is 5.87. The van der Waals surface area contributed by atoms with Crippen molar-refractivity contribution in [3.05, 3.63) is 16.3 Å². The molecule has 1 saturated carbocycles. The van der Waals surface area contributed by atoms with Crippen LogP contribution in [0, 0.1) is 13.8 Å². The maximum atomic E-state index is 5.64. The Kier molecular flexibility index (Phi) is 4.14. The van der Waals surface area contributed by atoms with Crippen molar-refractivity contribution in [3.8, 4) is 0 Å². The number of nitrogens with zero attached hydrogens (tertiary/aromatic N) is 2. The Morgan fingerprint density at radius 2 is 2.05 bits per heavy atom. The van der Waals surface area contributed by atoms with Gasteiger partial charge in [-0.1, -0.05) is 12.8 Å². The molecule has 0 radical (unpaired) electrons. The second-order valence-corrected chi connectivity index (χ2v) is 7.81. The standard InChI is InChI=1S/C14H20N4S2/c1-8-9(2)20-14-12(8)13(18-15)16-11(17-14)7-19-10-5-3-4-6-10/h10H,3-7,15H2,1-2H3,(H,16,17,18). The summed E-state index contributed by atoms with van der Waals surface area (Å²) in [7, 11) is 0. The Balaban J connectivity index is 1.87. The fourth-order valence-electron chi connectivity index (χ4n) is 2.71. The Bertz CT molecular complexity index is 617. The number of hydrogen-bond donors (Lipinski definition) is 2. The van der Waals surface area contributed by atoms with E-state index in [4.69, 9.17) is 10.8 Å². The van der Waals surface area contributed by atoms with E-state index in [1.807, 2.05) is 11.8 Å². The highest BCUT2D eigenvalue weighted by molar-refractivity contribution is 7.99. The summed E-state index contributed by atoms with van der Waals surface area (Å²) in [6, 6.07) is 0. The third-order valence-corrected chi connectivity index (χ3v) is 6.43. The van der Waals surface area contributed by atoms with Crippen molar-refractivity contribution < 1.29 is 0 Å². The highest BCUT2D eigenvalue weighted by atomic mass is 32.2. The number of thioether (sulfide) groups is 1. The Hall–Kier alpha value is -0.850. The van der Waals surface area contributed by atoms with Crippen LogP contribution in [-0.2, 0) is 5.75 Å². The predicted molar refractivity (Wildman–Crippen MR) is 88.3 cm³/mol. The molecule has 2 aromatic rings. The molecule has 1 aliphatic rings. The molecule has 1 aliphatic carbocycles. The molecule has 4 nitrogen and oxygen atoms in total. The molecular weight excluding hydrogens is 288 g/mol. The molecule has 2 aromatic heterocycles. The van der Waals surface area contributed by atoms with Gasteiger partial charge in [-0.3, -0.25) is 0 Å². The minimum absolute atomic E-state index is 0.763. The molecule has 3 rings (SSSR count). The number of rotatable bonds is 4. The number of hydrazine groups is 1. The fourth-order valence-corrected chi connectivity index (χ4v) is 4.94. The van der Waals surface area contributed by atoms with Crippen molar-refractivity contribution in [3.63, 3.8) is 0 Å². The van der Waals surface area contributed by atoms with Crippen molar-refractivity contribution in [2.24, 2.45) is 5.84 Å². The van der Waals surface area contributed by atoms with E-state index in [2.05, 4.69) is 24.3 Å². The van der Waals surface area contributed by atoms with Crippen LogP contribution in [0.4, 0.5) is 5.82 Å². The summed E-state index contributed by atoms with van der Waals surface area (Å²) in [6.07, 6.45) is 5.42. The van der Waals surface area contributed by atoms with Gasteiger partial charge in [-0.25, -0.2) is 15.8 Å². The van der Waals surface area contributed by atoms with Gasteiger partial charge in [0.05, 0.1) is 11.1 Å². The average molecular weight is 308 g/mol. The zero-order valence-electron chi connectivity index (χ0n) is 11.9. The van der Waals surface area contributed by atoms with E-state index in [9.17, 15) is 0 Å². The maximum absolute atomic E-state index is 5.64. The number of nitrogen functional groups attached to an aromatic ring is 1. The monoisotopic (exact) mass is 308 g/mol. The van der Waals surface area contributed by atoms with Gasteiger partial charge in [0, 0.05) is 10.1 Å². The highest BCUT2D eigenvalue weighted by Gasteiger charge is 2.18. The molecule has 0 spiro atoms. The van der Waals surface area contributed by atoms with Gasteiger partial charge in [0.2, 0.25) is 0 Å². The van der Waals surface area contributed by atoms with Crippen LogP contribution in [0.3, 0.4) is 0 Å². The van der Waals surface area contributed by atoms with Crippen LogP contribution < -0.4 is 11.3 Å². The number of aromatic nitrogens is 2. The maximum Gasteiger partial charge on any atom is 0.152 e. The molecule has 0 atom stereocenters. The van der Waals surface area contributed by atoms with Gasteiger partial charge in [0.15, 0.2) is 5.82 Å². The third kappa shape index (κ3) is 2.64. The molecule has 0 aromatic carbocycles. The summed E-state index contributed by atoms with van der Waals surface area (Å²) in [5, 5.41) is 1.86. The minimum atomic E-state index is 0.763. The predicted octanol–water partition coefficient (Wildman–Crippen LogP) is 3.77. The topological polar surface area (TPSA) is 63.8 Å². The number of thiophene rings is 1. The SMILES string of the molecule is Cc1sc2nc(CSC3CCCC3)nc(NN)c2c1C. The molecule has 3 N–H and O–H groups in total. The molecule has 0 saturated heterocycles. The zero-order chi connectivity index (χ0) is 14.1. The second-order valence-electron chi connectivity index (χ2n) is 5.31. The van der Waals surface area contributed by atoms with Gasteiger partial charge in [-0.2, -0.15) is 11.8 Å². The van der Waals surface area contributed by atoms with Gasteiger partial charge in [-0.05, 0) is 32.3 Å². The molecule has 20 heavy (non-hydrogen) atoms. The van der Waals surface area contributed by atoms with Crippen LogP contribution in [-0.4, -0.2) is 15.2 Å². The van der Waals surface area contributed by atoms with Gasteiger partial charge in [-0.15, -0.1) is 11.3 Å². The molecule has 1 fully saturated rings. The molecule has 0 aliphatic heterocycles. The van der Waals surface area contributed by atoms with Crippen molar-refractivity contribution in [2.45, 2.75) is 50.5 Å². The number of nitrogens with two attached hydrogens (primary N) is 1. The van der Waals surface area contributed by atoms with Gasteiger partial charge in [0.1, 0.15) is 10.7 Å². The van der Waals surface area contributed by atoms with Crippen molar-refractivity contribution >= 4 is 39.1 Å². The van der Waals surface area contributed by atoms with Crippen LogP contribution in [0.2, 0.25) is 0 Å². The summed E-state index contributed by atoms with van der Waals surface area (Å²) in [6.45, 7) is 4.22. The van der Waals surface area contributed by atoms with Crippen LogP contribution >= 0.6 is 23.1 Å². The lowest BCUT2D eigenvalue weighted by Crippen LogP contribution is -2.11. The highest BCUT2D eigenvalue weighted by Crippen LogP contribution is 2.35. The molecule has 108 valence electrons. The number of nitrogens with one attached hydrogen (secondary N) is 1. The summed E-state index contributed by atoms with van der Waals surface area (Å²) in [4.78, 5) is 11.6. The number of anilines is 1. The molecule has 0 unspecified atom stereocenters. The summed E-state index contributed by atoms with van der Waals surface area (Å²) in [5.41, 5.74) is 3.97. The first kappa shape index (κ1) is 14.1. The smallest absolute Gasteiger partial charge is 0.152 e. The van der Waals surface area contributed by atoms with Gasteiger partial charge in [0.25, 0.3) is 0 Å². The van der Waals surface area contributed by atoms with Crippen LogP contribution in [0.15, 0.2) is 0 Å². The van der Waals surface area contributed by atoms with Gasteiger partial charge < -0.3 is 5.43 Å². The first-order valence-electron chi connectivity index (χ1n) is 7.04. The lowest BCUT2D eigenvalue weighted by Gasteiger charge is -2.09. The third-order valence-electron chi connectivity index (χ3n) is 3.96. The lowest BCUT2D eigenvalue weighted by atomic mass is 10.2. The zero-order valence-corrected chi connectivity index (χ0v) is 13.5. The van der Waals surface area contributed by atoms with Crippen LogP contribution in [0.25, 0.3) is 10.2 Å². The van der Waals surface area contributed by atoms with Crippen LogP contribution in [0.5, 0.6) is 0 Å². The molecule has 6 heteroatoms. The van der Waals surface area contributed by atoms with Crippen molar-refractivity contribution in [1.29, 1.82) is 0 Å². The quantitative estimate of drug-likeness (QED) is 0.665. The number of aryl methyl sites for hydroxylation is 2. The van der Waals surface area contributed by atoms with E-state index in [-0.39, 0.29) is 0 Å². The lowest BCUT2D eigenvalue weighted by molar-refractivity contribution is 0.886. The molecule has 0 bridgehead atoms. The van der Waals surface area contributed by atoms with E-state index < -0.39 is 0 Å². The van der Waals surface area contributed by atoms with Crippen LogP contribution in [0.1, 0.15) is 41.9 Å². The fraction of sp³-hybridized carbons (Fsp3) is 0.571. The van der Waals surface area contributed by atoms with E-state index in [0.29, 0.717) is 0 Å². The molecule has 2 heterocycles. The number of hydrogen-bond acceptors (Lipinski definition) is 6. The summed E-state index contributed by atoms with van der Waals surface area (Å²) in [5.74, 6) is 8.17. The first-order valence-corrected chi connectivity index (χ1v) is 8.90. The van der Waals surface area contributed by atoms with Crippen molar-refractivity contribution in [2.75, 3.05) is 5.43 Å². The van der Waals surface area contributed by atoms with E-state index in [1.165, 1.54) is 36.1 Å². The average Bonchev–Trinajstić information content (AvgIpc) is 3.05. The van der Waals surface area contributed by atoms with Gasteiger partial charge >= 0.3 is 0 Å².